The molecule has 1 heterocycles. The molecule has 4 heteroatoms. The first-order valence-corrected chi connectivity index (χ1v) is 5.56. The summed E-state index contributed by atoms with van der Waals surface area (Å²) in [4.78, 5) is 16.7. The normalized spacial score (nSPS) is 19.0. The van der Waals surface area contributed by atoms with Gasteiger partial charge in [0.05, 0.1) is 10.7 Å². The third-order valence-corrected chi connectivity index (χ3v) is 3.86. The van der Waals surface area contributed by atoms with E-state index in [-0.39, 0.29) is 0 Å². The van der Waals surface area contributed by atoms with Crippen molar-refractivity contribution in [1.82, 2.24) is 4.98 Å². The van der Waals surface area contributed by atoms with Crippen LogP contribution in [0.4, 0.5) is 0 Å². The van der Waals surface area contributed by atoms with Crippen LogP contribution in [0.25, 0.3) is 0 Å². The van der Waals surface area contributed by atoms with E-state index in [4.69, 9.17) is 0 Å². The third-order valence-electron chi connectivity index (χ3n) is 2.97. The molecule has 76 valence electrons. The molecule has 1 N–H and O–H groups in total. The molecule has 14 heavy (non-hydrogen) atoms. The Morgan fingerprint density at radius 2 is 2.14 bits per heavy atom. The molecule has 0 bridgehead atoms. The predicted molar refractivity (Wildman–Crippen MR) is 54.8 cm³/mol. The van der Waals surface area contributed by atoms with Crippen molar-refractivity contribution in [2.24, 2.45) is 0 Å². The number of rotatable bonds is 2. The lowest BCUT2D eigenvalue weighted by atomic mass is 9.66. The van der Waals surface area contributed by atoms with E-state index in [0.29, 0.717) is 0 Å². The maximum Gasteiger partial charge on any atom is 0.315 e. The molecule has 0 unspecified atom stereocenters. The zero-order valence-corrected chi connectivity index (χ0v) is 9.15. The molecule has 0 spiro atoms. The average molecular weight is 211 g/mol. The van der Waals surface area contributed by atoms with Crippen LogP contribution in [0.1, 0.15) is 34.8 Å². The summed E-state index contributed by atoms with van der Waals surface area (Å²) in [5, 5.41) is 10.2. The van der Waals surface area contributed by atoms with E-state index >= 15 is 0 Å². The van der Waals surface area contributed by atoms with Crippen LogP contribution < -0.4 is 0 Å². The van der Waals surface area contributed by atoms with E-state index < -0.39 is 11.4 Å². The van der Waals surface area contributed by atoms with Crippen molar-refractivity contribution in [2.75, 3.05) is 0 Å². The highest BCUT2D eigenvalue weighted by Gasteiger charge is 2.48. The summed E-state index contributed by atoms with van der Waals surface area (Å²) in [6.07, 6.45) is 2.49. The summed E-state index contributed by atoms with van der Waals surface area (Å²) >= 11 is 1.59. The number of aryl methyl sites for hydroxylation is 2. The molecule has 0 amide bonds. The minimum absolute atomic E-state index is 0.658. The number of thiazole rings is 1. The highest BCUT2D eigenvalue weighted by molar-refractivity contribution is 7.11. The zero-order chi connectivity index (χ0) is 10.3. The standard InChI is InChI=1S/C10H13NO2S/c1-6-8(11-7(2)14-6)10(9(12)13)4-3-5-10/h3-5H2,1-2H3,(H,12,13). The second-order valence-electron chi connectivity index (χ2n) is 3.88. The molecule has 0 saturated heterocycles. The van der Waals surface area contributed by atoms with Crippen molar-refractivity contribution >= 4 is 17.3 Å². The Balaban J connectivity index is 2.46. The smallest absolute Gasteiger partial charge is 0.315 e. The van der Waals surface area contributed by atoms with E-state index in [1.165, 1.54) is 0 Å². The zero-order valence-electron chi connectivity index (χ0n) is 8.33. The van der Waals surface area contributed by atoms with Gasteiger partial charge in [-0.2, -0.15) is 0 Å². The summed E-state index contributed by atoms with van der Waals surface area (Å²) in [6, 6.07) is 0. The Kier molecular flexibility index (Phi) is 2.10. The highest BCUT2D eigenvalue weighted by atomic mass is 32.1. The van der Waals surface area contributed by atoms with Crippen LogP contribution in [-0.4, -0.2) is 16.1 Å². The lowest BCUT2D eigenvalue weighted by Gasteiger charge is -2.36. The second kappa shape index (κ2) is 3.05. The van der Waals surface area contributed by atoms with Gasteiger partial charge >= 0.3 is 5.97 Å². The van der Waals surface area contributed by atoms with Gasteiger partial charge in [-0.1, -0.05) is 6.42 Å². The van der Waals surface area contributed by atoms with Gasteiger partial charge in [0.25, 0.3) is 0 Å². The third kappa shape index (κ3) is 1.17. The molecular formula is C10H13NO2S. The van der Waals surface area contributed by atoms with Crippen molar-refractivity contribution in [1.29, 1.82) is 0 Å². The largest absolute Gasteiger partial charge is 0.481 e. The fraction of sp³-hybridized carbons (Fsp3) is 0.600. The van der Waals surface area contributed by atoms with Crippen LogP contribution in [0.3, 0.4) is 0 Å². The van der Waals surface area contributed by atoms with Crippen molar-refractivity contribution < 1.29 is 9.90 Å². The molecule has 1 aliphatic rings. The number of hydrogen-bond donors (Lipinski definition) is 1. The summed E-state index contributed by atoms with van der Waals surface area (Å²) in [6.45, 7) is 3.89. The van der Waals surface area contributed by atoms with Gasteiger partial charge in [0.15, 0.2) is 0 Å². The molecule has 1 aliphatic carbocycles. The molecule has 1 saturated carbocycles. The maximum absolute atomic E-state index is 11.2. The number of aliphatic carboxylic acids is 1. The summed E-state index contributed by atoms with van der Waals surface area (Å²) in [7, 11) is 0. The minimum atomic E-state index is -0.711. The minimum Gasteiger partial charge on any atom is -0.481 e. The summed E-state index contributed by atoms with van der Waals surface area (Å²) < 4.78 is 0. The lowest BCUT2D eigenvalue weighted by Crippen LogP contribution is -2.43. The Labute approximate surface area is 86.8 Å². The van der Waals surface area contributed by atoms with E-state index in [1.54, 1.807) is 11.3 Å². The maximum atomic E-state index is 11.2. The van der Waals surface area contributed by atoms with Gasteiger partial charge < -0.3 is 5.11 Å². The van der Waals surface area contributed by atoms with Crippen LogP contribution in [0.2, 0.25) is 0 Å². The molecule has 2 rings (SSSR count). The first-order chi connectivity index (χ1) is 6.56. The fourth-order valence-electron chi connectivity index (χ4n) is 2.06. The first-order valence-electron chi connectivity index (χ1n) is 4.74. The molecule has 1 aromatic rings. The van der Waals surface area contributed by atoms with E-state index in [9.17, 15) is 9.90 Å². The van der Waals surface area contributed by atoms with Gasteiger partial charge in [0, 0.05) is 4.88 Å². The number of carboxylic acids is 1. The lowest BCUT2D eigenvalue weighted by molar-refractivity contribution is -0.147. The van der Waals surface area contributed by atoms with Gasteiger partial charge in [-0.05, 0) is 26.7 Å². The second-order valence-corrected chi connectivity index (χ2v) is 5.29. The van der Waals surface area contributed by atoms with E-state index in [1.807, 2.05) is 13.8 Å². The van der Waals surface area contributed by atoms with Gasteiger partial charge in [-0.15, -0.1) is 11.3 Å². The molecule has 0 aromatic carbocycles. The Morgan fingerprint density at radius 1 is 1.50 bits per heavy atom. The molecule has 1 fully saturated rings. The van der Waals surface area contributed by atoms with Crippen molar-refractivity contribution in [3.63, 3.8) is 0 Å². The van der Waals surface area contributed by atoms with Crippen molar-refractivity contribution in [2.45, 2.75) is 38.5 Å². The number of aromatic nitrogens is 1. The summed E-state index contributed by atoms with van der Waals surface area (Å²) in [5.74, 6) is -0.711. The van der Waals surface area contributed by atoms with E-state index in [2.05, 4.69) is 4.98 Å². The molecule has 1 aromatic heterocycles. The van der Waals surface area contributed by atoms with Crippen molar-refractivity contribution in [3.8, 4) is 0 Å². The van der Waals surface area contributed by atoms with Gasteiger partial charge in [0.1, 0.15) is 5.41 Å². The number of nitrogens with zero attached hydrogens (tertiary/aromatic N) is 1. The monoisotopic (exact) mass is 211 g/mol. The van der Waals surface area contributed by atoms with Crippen LogP contribution in [0, 0.1) is 13.8 Å². The summed E-state index contributed by atoms with van der Waals surface area (Å²) in [5.41, 5.74) is 0.147. The molecule has 0 aliphatic heterocycles. The SMILES string of the molecule is Cc1nc(C2(C(=O)O)CCC2)c(C)s1. The number of carboxylic acid groups (broad SMARTS) is 1. The first kappa shape index (κ1) is 9.65. The number of carbonyl (C=O) groups is 1. The quantitative estimate of drug-likeness (QED) is 0.816. The van der Waals surface area contributed by atoms with Gasteiger partial charge in [0.2, 0.25) is 0 Å². The molecule has 0 atom stereocenters. The Morgan fingerprint density at radius 3 is 2.43 bits per heavy atom. The number of hydrogen-bond acceptors (Lipinski definition) is 3. The van der Waals surface area contributed by atoms with Crippen LogP contribution >= 0.6 is 11.3 Å². The molecular weight excluding hydrogens is 198 g/mol. The Hall–Kier alpha value is -0.900. The average Bonchev–Trinajstić information content (AvgIpc) is 2.27. The molecule has 3 nitrogen and oxygen atoms in total. The van der Waals surface area contributed by atoms with Crippen LogP contribution in [0.5, 0.6) is 0 Å². The van der Waals surface area contributed by atoms with E-state index in [0.717, 1.165) is 34.8 Å². The predicted octanol–water partition coefficient (Wildman–Crippen LogP) is 2.27. The highest BCUT2D eigenvalue weighted by Crippen LogP contribution is 2.45. The van der Waals surface area contributed by atoms with Crippen LogP contribution in [0.15, 0.2) is 0 Å². The Bertz CT molecular complexity index is 379. The fourth-order valence-corrected chi connectivity index (χ4v) is 2.97. The molecule has 0 radical (unpaired) electrons. The van der Waals surface area contributed by atoms with Crippen molar-refractivity contribution in [3.05, 3.63) is 15.6 Å². The topological polar surface area (TPSA) is 50.2 Å². The van der Waals surface area contributed by atoms with Gasteiger partial charge in [-0.3, -0.25) is 4.79 Å². The van der Waals surface area contributed by atoms with Gasteiger partial charge in [-0.25, -0.2) is 4.98 Å². The van der Waals surface area contributed by atoms with Crippen LogP contribution in [-0.2, 0) is 10.2 Å².